The summed E-state index contributed by atoms with van der Waals surface area (Å²) < 4.78 is 0. The molecule has 0 aliphatic carbocycles. The summed E-state index contributed by atoms with van der Waals surface area (Å²) in [7, 11) is 1.75. The van der Waals surface area contributed by atoms with E-state index in [2.05, 4.69) is 4.99 Å². The van der Waals surface area contributed by atoms with Crippen molar-refractivity contribution in [1.29, 1.82) is 0 Å². The smallest absolute Gasteiger partial charge is 0.266 e. The number of amidine groups is 1. The van der Waals surface area contributed by atoms with Crippen LogP contribution >= 0.6 is 11.8 Å². The zero-order valence-corrected chi connectivity index (χ0v) is 16.8. The minimum Gasteiger partial charge on any atom is -0.392 e. The van der Waals surface area contributed by atoms with Crippen molar-refractivity contribution in [1.82, 2.24) is 4.90 Å². The van der Waals surface area contributed by atoms with Gasteiger partial charge in [0.1, 0.15) is 0 Å². The number of benzene rings is 3. The van der Waals surface area contributed by atoms with Crippen molar-refractivity contribution >= 4 is 34.6 Å². The molecular formula is C24H20N2O2S. The van der Waals surface area contributed by atoms with Crippen LogP contribution in [0.1, 0.15) is 11.1 Å². The molecule has 3 aromatic rings. The Morgan fingerprint density at radius 3 is 2.17 bits per heavy atom. The number of carbonyl (C=O) groups is 1. The lowest BCUT2D eigenvalue weighted by molar-refractivity contribution is -0.121. The highest BCUT2D eigenvalue weighted by atomic mass is 32.2. The van der Waals surface area contributed by atoms with Gasteiger partial charge in [0, 0.05) is 7.05 Å². The number of carbonyl (C=O) groups excluding carboxylic acids is 1. The number of hydrogen-bond donors (Lipinski definition) is 1. The quantitative estimate of drug-likeness (QED) is 0.622. The second-order valence-corrected chi connectivity index (χ2v) is 7.69. The first-order valence-electron chi connectivity index (χ1n) is 9.25. The molecule has 5 heteroatoms. The molecule has 29 heavy (non-hydrogen) atoms. The van der Waals surface area contributed by atoms with Crippen LogP contribution in [-0.2, 0) is 11.4 Å². The van der Waals surface area contributed by atoms with Crippen molar-refractivity contribution in [3.8, 4) is 11.1 Å². The van der Waals surface area contributed by atoms with Gasteiger partial charge >= 0.3 is 0 Å². The van der Waals surface area contributed by atoms with E-state index >= 15 is 0 Å². The predicted molar refractivity (Wildman–Crippen MR) is 120 cm³/mol. The summed E-state index contributed by atoms with van der Waals surface area (Å²) in [5, 5.41) is 9.84. The average Bonchev–Trinajstić information content (AvgIpc) is 3.03. The van der Waals surface area contributed by atoms with Crippen LogP contribution in [-0.4, -0.2) is 28.1 Å². The van der Waals surface area contributed by atoms with Crippen LogP contribution < -0.4 is 0 Å². The summed E-state index contributed by atoms with van der Waals surface area (Å²) in [6, 6.07) is 25.5. The molecule has 0 atom stereocenters. The number of aliphatic hydroxyl groups excluding tert-OH is 1. The lowest BCUT2D eigenvalue weighted by Gasteiger charge is -2.06. The summed E-state index contributed by atoms with van der Waals surface area (Å²) in [5.74, 6) is -0.0478. The second kappa shape index (κ2) is 8.47. The first-order chi connectivity index (χ1) is 14.1. The molecule has 1 aliphatic rings. The molecule has 144 valence electrons. The summed E-state index contributed by atoms with van der Waals surface area (Å²) in [5.41, 5.74) is 4.86. The van der Waals surface area contributed by atoms with E-state index in [4.69, 9.17) is 5.11 Å². The highest BCUT2D eigenvalue weighted by Crippen LogP contribution is 2.33. The number of thioether (sulfide) groups is 1. The number of rotatable bonds is 4. The molecule has 1 aliphatic heterocycles. The second-order valence-electron chi connectivity index (χ2n) is 6.68. The molecular weight excluding hydrogens is 380 g/mol. The Hall–Kier alpha value is -3.15. The summed E-state index contributed by atoms with van der Waals surface area (Å²) >= 11 is 1.39. The van der Waals surface area contributed by atoms with Crippen molar-refractivity contribution < 1.29 is 9.90 Å². The van der Waals surface area contributed by atoms with E-state index in [0.29, 0.717) is 10.1 Å². The number of likely N-dealkylation sites (N-methyl/N-ethyl adjacent to an activating group) is 1. The van der Waals surface area contributed by atoms with Gasteiger partial charge < -0.3 is 5.11 Å². The van der Waals surface area contributed by atoms with Crippen LogP contribution in [0, 0.1) is 0 Å². The largest absolute Gasteiger partial charge is 0.392 e. The first-order valence-corrected chi connectivity index (χ1v) is 10.1. The highest BCUT2D eigenvalue weighted by molar-refractivity contribution is 8.18. The molecule has 4 nitrogen and oxygen atoms in total. The molecule has 0 radical (unpaired) electrons. The minimum absolute atomic E-state index is 0.0441. The molecule has 0 bridgehead atoms. The van der Waals surface area contributed by atoms with Crippen LogP contribution in [0.25, 0.3) is 17.2 Å². The third-order valence-electron chi connectivity index (χ3n) is 4.66. The van der Waals surface area contributed by atoms with Gasteiger partial charge in [0.25, 0.3) is 5.91 Å². The number of aliphatic hydroxyl groups is 1. The highest BCUT2D eigenvalue weighted by Gasteiger charge is 2.30. The molecule has 1 N–H and O–H groups in total. The van der Waals surface area contributed by atoms with E-state index in [-0.39, 0.29) is 12.5 Å². The van der Waals surface area contributed by atoms with Crippen LogP contribution in [0.4, 0.5) is 5.69 Å². The maximum absolute atomic E-state index is 12.6. The molecule has 1 saturated heterocycles. The number of aliphatic imine (C=N–C) groups is 1. The third-order valence-corrected chi connectivity index (χ3v) is 5.72. The zero-order chi connectivity index (χ0) is 20.2. The van der Waals surface area contributed by atoms with Gasteiger partial charge in [0.15, 0.2) is 5.17 Å². The van der Waals surface area contributed by atoms with E-state index in [1.165, 1.54) is 11.8 Å². The van der Waals surface area contributed by atoms with E-state index in [1.807, 2.05) is 84.9 Å². The maximum atomic E-state index is 12.6. The van der Waals surface area contributed by atoms with E-state index in [0.717, 1.165) is 27.9 Å². The summed E-state index contributed by atoms with van der Waals surface area (Å²) in [6.45, 7) is 0.0441. The van der Waals surface area contributed by atoms with Gasteiger partial charge in [0.05, 0.1) is 17.2 Å². The third kappa shape index (κ3) is 4.31. The molecule has 1 fully saturated rings. The number of para-hydroxylation sites is 1. The van der Waals surface area contributed by atoms with Crippen LogP contribution in [0.2, 0.25) is 0 Å². The molecule has 0 saturated carbocycles. The van der Waals surface area contributed by atoms with Crippen molar-refractivity contribution in [2.45, 2.75) is 6.61 Å². The summed E-state index contributed by atoms with van der Waals surface area (Å²) in [6.07, 6.45) is 1.90. The lowest BCUT2D eigenvalue weighted by atomic mass is 10.0. The van der Waals surface area contributed by atoms with Crippen molar-refractivity contribution in [3.63, 3.8) is 0 Å². The van der Waals surface area contributed by atoms with E-state index < -0.39 is 0 Å². The van der Waals surface area contributed by atoms with Gasteiger partial charge in [-0.3, -0.25) is 9.69 Å². The molecule has 0 aromatic heterocycles. The Bertz CT molecular complexity index is 1070. The van der Waals surface area contributed by atoms with Gasteiger partial charge in [-0.2, -0.15) is 0 Å². The Balaban J connectivity index is 1.54. The molecule has 3 aromatic carbocycles. The SMILES string of the molecule is CN1C(=O)/C(=C/c2ccc(-c3ccc(CO)cc3)cc2)SC1=Nc1ccccc1. The number of amides is 1. The van der Waals surface area contributed by atoms with Gasteiger partial charge in [-0.1, -0.05) is 66.7 Å². The fourth-order valence-corrected chi connectivity index (χ4v) is 3.98. The number of hydrogen-bond acceptors (Lipinski definition) is 4. The Labute approximate surface area is 174 Å². The fraction of sp³-hybridized carbons (Fsp3) is 0.0833. The zero-order valence-electron chi connectivity index (χ0n) is 15.9. The molecule has 1 heterocycles. The van der Waals surface area contributed by atoms with Gasteiger partial charge in [-0.25, -0.2) is 4.99 Å². The van der Waals surface area contributed by atoms with Gasteiger partial charge in [-0.05, 0) is 52.2 Å². The van der Waals surface area contributed by atoms with Gasteiger partial charge in [-0.15, -0.1) is 0 Å². The molecule has 1 amide bonds. The minimum atomic E-state index is -0.0478. The Kier molecular flexibility index (Phi) is 5.60. The Morgan fingerprint density at radius 1 is 0.931 bits per heavy atom. The number of nitrogens with zero attached hydrogens (tertiary/aromatic N) is 2. The first kappa shape index (κ1) is 19.2. The summed E-state index contributed by atoms with van der Waals surface area (Å²) in [4.78, 5) is 19.4. The van der Waals surface area contributed by atoms with E-state index in [1.54, 1.807) is 11.9 Å². The van der Waals surface area contributed by atoms with Crippen LogP contribution in [0.5, 0.6) is 0 Å². The lowest BCUT2D eigenvalue weighted by Crippen LogP contribution is -2.23. The monoisotopic (exact) mass is 400 g/mol. The van der Waals surface area contributed by atoms with Crippen molar-refractivity contribution in [2.75, 3.05) is 7.05 Å². The maximum Gasteiger partial charge on any atom is 0.266 e. The fourth-order valence-electron chi connectivity index (χ4n) is 2.99. The Morgan fingerprint density at radius 2 is 1.55 bits per heavy atom. The standard InChI is InChI=1S/C24H20N2O2S/c1-26-23(28)22(29-24(26)25-21-5-3-2-4-6-21)15-17-7-11-19(12-8-17)20-13-9-18(16-27)10-14-20/h2-15,27H,16H2,1H3/b22-15-,25-24?. The average molecular weight is 401 g/mol. The van der Waals surface area contributed by atoms with Crippen LogP contribution in [0.3, 0.4) is 0 Å². The predicted octanol–water partition coefficient (Wildman–Crippen LogP) is 5.08. The van der Waals surface area contributed by atoms with Crippen molar-refractivity contribution in [3.05, 3.63) is 94.9 Å². The van der Waals surface area contributed by atoms with Crippen molar-refractivity contribution in [2.24, 2.45) is 4.99 Å². The van der Waals surface area contributed by atoms with Crippen LogP contribution in [0.15, 0.2) is 88.8 Å². The normalized spacial score (nSPS) is 16.8. The topological polar surface area (TPSA) is 52.9 Å². The molecule has 0 unspecified atom stereocenters. The van der Waals surface area contributed by atoms with Gasteiger partial charge in [0.2, 0.25) is 0 Å². The van der Waals surface area contributed by atoms with E-state index in [9.17, 15) is 4.79 Å². The molecule has 0 spiro atoms. The molecule has 4 rings (SSSR count).